The molecule has 5 nitrogen and oxygen atoms in total. The Balaban J connectivity index is 1.82. The summed E-state index contributed by atoms with van der Waals surface area (Å²) in [5, 5.41) is 3.27. The van der Waals surface area contributed by atoms with Gasteiger partial charge in [-0.15, -0.1) is 0 Å². The first kappa shape index (κ1) is 10.9. The van der Waals surface area contributed by atoms with E-state index < -0.39 is 0 Å². The van der Waals surface area contributed by atoms with Crippen molar-refractivity contribution in [1.29, 1.82) is 0 Å². The van der Waals surface area contributed by atoms with Crippen molar-refractivity contribution in [1.82, 2.24) is 19.9 Å². The maximum atomic E-state index is 5.49. The Hall–Kier alpha value is -1.62. The summed E-state index contributed by atoms with van der Waals surface area (Å²) in [5.74, 6) is 1.66. The number of imidazole rings is 1. The smallest absolute Gasteiger partial charge is 0.208 e. The highest BCUT2D eigenvalue weighted by Gasteiger charge is 2.02. The Morgan fingerprint density at radius 3 is 2.88 bits per heavy atom. The zero-order valence-electron chi connectivity index (χ0n) is 9.60. The highest BCUT2D eigenvalue weighted by molar-refractivity contribution is 4.97. The molecule has 0 fully saturated rings. The molecule has 0 saturated carbocycles. The van der Waals surface area contributed by atoms with Gasteiger partial charge < -0.3 is 14.3 Å². The Bertz CT molecular complexity index is 446. The Kier molecular flexibility index (Phi) is 3.36. The van der Waals surface area contributed by atoms with Crippen LogP contribution >= 0.6 is 0 Å². The zero-order chi connectivity index (χ0) is 11.4. The van der Waals surface area contributed by atoms with Gasteiger partial charge in [0.25, 0.3) is 0 Å². The molecule has 1 N–H and O–H groups in total. The van der Waals surface area contributed by atoms with Crippen molar-refractivity contribution in [3.63, 3.8) is 0 Å². The number of oxazole rings is 1. The fraction of sp³-hybridized carbons (Fsp3) is 0.455. The summed E-state index contributed by atoms with van der Waals surface area (Å²) in [6.45, 7) is 3.46. The van der Waals surface area contributed by atoms with Crippen LogP contribution in [0.2, 0.25) is 0 Å². The summed E-state index contributed by atoms with van der Waals surface area (Å²) < 4.78 is 7.47. The van der Waals surface area contributed by atoms with Crippen molar-refractivity contribution in [2.45, 2.75) is 26.4 Å². The first-order valence-electron chi connectivity index (χ1n) is 5.39. The summed E-state index contributed by atoms with van der Waals surface area (Å²) in [4.78, 5) is 8.23. The minimum absolute atomic E-state index is 0.644. The molecule has 2 aromatic rings. The standard InChI is InChI=1S/C11H16N4O/c1-3-10-6-14-11(16-10)7-12-4-9-5-13-8-15(9)2/h5-6,8,12H,3-4,7H2,1-2H3. The molecule has 0 amide bonds. The molecular weight excluding hydrogens is 204 g/mol. The lowest BCUT2D eigenvalue weighted by Gasteiger charge is -2.02. The molecule has 2 aromatic heterocycles. The molecule has 5 heteroatoms. The number of nitrogens with one attached hydrogen (secondary N) is 1. The zero-order valence-corrected chi connectivity index (χ0v) is 9.60. The van der Waals surface area contributed by atoms with Crippen LogP contribution in [-0.4, -0.2) is 14.5 Å². The molecule has 0 aliphatic heterocycles. The number of aromatic nitrogens is 3. The fourth-order valence-electron chi connectivity index (χ4n) is 1.45. The summed E-state index contributed by atoms with van der Waals surface area (Å²) >= 11 is 0. The molecular formula is C11H16N4O. The van der Waals surface area contributed by atoms with E-state index in [2.05, 4.69) is 15.3 Å². The van der Waals surface area contributed by atoms with Gasteiger partial charge in [0.15, 0.2) is 0 Å². The molecule has 0 radical (unpaired) electrons. The van der Waals surface area contributed by atoms with E-state index in [1.165, 1.54) is 0 Å². The van der Waals surface area contributed by atoms with Crippen molar-refractivity contribution in [3.8, 4) is 0 Å². The van der Waals surface area contributed by atoms with E-state index in [-0.39, 0.29) is 0 Å². The lowest BCUT2D eigenvalue weighted by Crippen LogP contribution is -2.14. The number of rotatable bonds is 5. The minimum Gasteiger partial charge on any atom is -0.444 e. The monoisotopic (exact) mass is 220 g/mol. The van der Waals surface area contributed by atoms with Gasteiger partial charge in [-0.05, 0) is 0 Å². The average Bonchev–Trinajstić information content (AvgIpc) is 2.89. The molecule has 0 atom stereocenters. The first-order chi connectivity index (χ1) is 7.79. The number of hydrogen-bond acceptors (Lipinski definition) is 4. The quantitative estimate of drug-likeness (QED) is 0.824. The first-order valence-corrected chi connectivity index (χ1v) is 5.39. The second-order valence-electron chi connectivity index (χ2n) is 3.67. The van der Waals surface area contributed by atoms with Crippen molar-refractivity contribution in [2.24, 2.45) is 7.05 Å². The molecule has 0 saturated heterocycles. The van der Waals surface area contributed by atoms with Gasteiger partial charge in [0.1, 0.15) is 5.76 Å². The molecule has 0 spiro atoms. The van der Waals surface area contributed by atoms with Crippen molar-refractivity contribution in [2.75, 3.05) is 0 Å². The van der Waals surface area contributed by atoms with Gasteiger partial charge in [-0.1, -0.05) is 6.92 Å². The van der Waals surface area contributed by atoms with Crippen LogP contribution in [0.5, 0.6) is 0 Å². The number of aryl methyl sites for hydroxylation is 2. The van der Waals surface area contributed by atoms with E-state index >= 15 is 0 Å². The van der Waals surface area contributed by atoms with Crippen molar-refractivity contribution < 1.29 is 4.42 Å². The maximum Gasteiger partial charge on any atom is 0.208 e. The molecule has 2 heterocycles. The molecule has 0 bridgehead atoms. The molecule has 0 aliphatic rings. The van der Waals surface area contributed by atoms with Crippen LogP contribution in [0.1, 0.15) is 24.3 Å². The van der Waals surface area contributed by atoms with Crippen LogP contribution in [0.25, 0.3) is 0 Å². The molecule has 0 aliphatic carbocycles. The van der Waals surface area contributed by atoms with Gasteiger partial charge in [-0.3, -0.25) is 0 Å². The summed E-state index contributed by atoms with van der Waals surface area (Å²) in [6, 6.07) is 0. The van der Waals surface area contributed by atoms with Gasteiger partial charge in [0, 0.05) is 26.2 Å². The van der Waals surface area contributed by atoms with Crippen LogP contribution in [0.4, 0.5) is 0 Å². The summed E-state index contributed by atoms with van der Waals surface area (Å²) in [5.41, 5.74) is 1.14. The predicted octanol–water partition coefficient (Wildman–Crippen LogP) is 1.26. The van der Waals surface area contributed by atoms with E-state index in [0.29, 0.717) is 6.54 Å². The molecule has 0 aromatic carbocycles. The van der Waals surface area contributed by atoms with Crippen molar-refractivity contribution in [3.05, 3.63) is 36.1 Å². The molecule has 16 heavy (non-hydrogen) atoms. The van der Waals surface area contributed by atoms with Gasteiger partial charge in [-0.25, -0.2) is 9.97 Å². The normalized spacial score (nSPS) is 10.9. The lowest BCUT2D eigenvalue weighted by molar-refractivity contribution is 0.437. The Labute approximate surface area is 94.5 Å². The number of nitrogens with zero attached hydrogens (tertiary/aromatic N) is 3. The third kappa shape index (κ3) is 2.49. The van der Waals surface area contributed by atoms with Crippen LogP contribution < -0.4 is 5.32 Å². The van der Waals surface area contributed by atoms with Gasteiger partial charge in [-0.2, -0.15) is 0 Å². The predicted molar refractivity (Wildman–Crippen MR) is 59.6 cm³/mol. The van der Waals surface area contributed by atoms with Gasteiger partial charge in [0.05, 0.1) is 24.8 Å². The average molecular weight is 220 g/mol. The SMILES string of the molecule is CCc1cnc(CNCc2cncn2C)o1. The van der Waals surface area contributed by atoms with Crippen LogP contribution in [0.3, 0.4) is 0 Å². The second kappa shape index (κ2) is 4.94. The summed E-state index contributed by atoms with van der Waals surface area (Å²) in [6.07, 6.45) is 6.30. The van der Waals surface area contributed by atoms with E-state index in [0.717, 1.165) is 30.3 Å². The molecule has 0 unspecified atom stereocenters. The third-order valence-corrected chi connectivity index (χ3v) is 2.45. The second-order valence-corrected chi connectivity index (χ2v) is 3.67. The molecule has 86 valence electrons. The van der Waals surface area contributed by atoms with E-state index in [1.54, 1.807) is 12.5 Å². The summed E-state index contributed by atoms with van der Waals surface area (Å²) in [7, 11) is 1.98. The highest BCUT2D eigenvalue weighted by atomic mass is 16.4. The largest absolute Gasteiger partial charge is 0.444 e. The van der Waals surface area contributed by atoms with E-state index in [9.17, 15) is 0 Å². The topological polar surface area (TPSA) is 55.9 Å². The van der Waals surface area contributed by atoms with Crippen LogP contribution in [0.15, 0.2) is 23.1 Å². The van der Waals surface area contributed by atoms with E-state index in [1.807, 2.05) is 24.7 Å². The Morgan fingerprint density at radius 2 is 2.25 bits per heavy atom. The van der Waals surface area contributed by atoms with Gasteiger partial charge >= 0.3 is 0 Å². The third-order valence-electron chi connectivity index (χ3n) is 2.45. The minimum atomic E-state index is 0.644. The van der Waals surface area contributed by atoms with E-state index in [4.69, 9.17) is 4.42 Å². The Morgan fingerprint density at radius 1 is 1.38 bits per heavy atom. The lowest BCUT2D eigenvalue weighted by atomic mass is 10.4. The molecule has 2 rings (SSSR count). The van der Waals surface area contributed by atoms with Crippen molar-refractivity contribution >= 4 is 0 Å². The number of hydrogen-bond donors (Lipinski definition) is 1. The van der Waals surface area contributed by atoms with Crippen LogP contribution in [-0.2, 0) is 26.6 Å². The van der Waals surface area contributed by atoms with Gasteiger partial charge in [0.2, 0.25) is 5.89 Å². The fourth-order valence-corrected chi connectivity index (χ4v) is 1.45. The maximum absolute atomic E-state index is 5.49. The van der Waals surface area contributed by atoms with Crippen LogP contribution in [0, 0.1) is 0 Å². The highest BCUT2D eigenvalue weighted by Crippen LogP contribution is 2.04.